The van der Waals surface area contributed by atoms with E-state index in [-0.39, 0.29) is 5.91 Å². The molecule has 4 rings (SSSR count). The lowest BCUT2D eigenvalue weighted by molar-refractivity contribution is 0.0946. The summed E-state index contributed by atoms with van der Waals surface area (Å²) < 4.78 is 5.58. The summed E-state index contributed by atoms with van der Waals surface area (Å²) >= 11 is 6.15. The summed E-state index contributed by atoms with van der Waals surface area (Å²) in [7, 11) is 1.77. The summed E-state index contributed by atoms with van der Waals surface area (Å²) in [5, 5.41) is 10.6. The van der Waals surface area contributed by atoms with Gasteiger partial charge in [-0.25, -0.2) is 0 Å². The Morgan fingerprint density at radius 1 is 1.17 bits per heavy atom. The molecule has 29 heavy (non-hydrogen) atoms. The molecule has 3 N–H and O–H groups in total. The van der Waals surface area contributed by atoms with Gasteiger partial charge in [0.1, 0.15) is 5.69 Å². The van der Waals surface area contributed by atoms with Crippen molar-refractivity contribution in [2.24, 2.45) is 0 Å². The molecular weight excluding hydrogens is 390 g/mol. The Hall–Kier alpha value is -3.58. The highest BCUT2D eigenvalue weighted by atomic mass is 35.5. The SMILES string of the molecule is CNc1noc(-c2c[nH]c(C(=O)NCc3ccncc3)c2)c1-c1cccc(Cl)c1. The molecule has 0 saturated carbocycles. The number of amides is 1. The second kappa shape index (κ2) is 8.20. The highest BCUT2D eigenvalue weighted by Gasteiger charge is 2.21. The topological polar surface area (TPSA) is 95.8 Å². The number of benzene rings is 1. The zero-order chi connectivity index (χ0) is 20.2. The Balaban J connectivity index is 1.60. The Morgan fingerprint density at radius 2 is 2.00 bits per heavy atom. The second-order valence-corrected chi connectivity index (χ2v) is 6.77. The van der Waals surface area contributed by atoms with E-state index in [0.717, 1.165) is 16.7 Å². The van der Waals surface area contributed by atoms with E-state index in [1.54, 1.807) is 37.8 Å². The maximum absolute atomic E-state index is 12.5. The highest BCUT2D eigenvalue weighted by molar-refractivity contribution is 6.30. The molecule has 4 aromatic rings. The number of rotatable bonds is 6. The predicted octanol–water partition coefficient (Wildman–Crippen LogP) is 4.36. The summed E-state index contributed by atoms with van der Waals surface area (Å²) in [6.07, 6.45) is 5.10. The number of halogens is 1. The highest BCUT2D eigenvalue weighted by Crippen LogP contribution is 2.38. The van der Waals surface area contributed by atoms with Crippen molar-refractivity contribution in [3.8, 4) is 22.5 Å². The first-order valence-corrected chi connectivity index (χ1v) is 9.32. The van der Waals surface area contributed by atoms with Crippen LogP contribution in [-0.4, -0.2) is 28.1 Å². The number of nitrogens with one attached hydrogen (secondary N) is 3. The van der Waals surface area contributed by atoms with E-state index in [4.69, 9.17) is 16.1 Å². The van der Waals surface area contributed by atoms with Gasteiger partial charge in [0, 0.05) is 42.8 Å². The molecule has 1 amide bonds. The minimum atomic E-state index is -0.217. The van der Waals surface area contributed by atoms with E-state index < -0.39 is 0 Å². The molecule has 0 spiro atoms. The first kappa shape index (κ1) is 18.8. The third-order valence-corrected chi connectivity index (χ3v) is 4.67. The third-order valence-electron chi connectivity index (χ3n) is 4.43. The average molecular weight is 408 g/mol. The van der Waals surface area contributed by atoms with Crippen LogP contribution in [-0.2, 0) is 6.54 Å². The third kappa shape index (κ3) is 4.00. The monoisotopic (exact) mass is 407 g/mol. The maximum Gasteiger partial charge on any atom is 0.267 e. The quantitative estimate of drug-likeness (QED) is 0.441. The Bertz CT molecular complexity index is 1140. The molecule has 0 radical (unpaired) electrons. The number of aromatic amines is 1. The van der Waals surface area contributed by atoms with Crippen molar-refractivity contribution in [1.82, 2.24) is 20.4 Å². The molecule has 0 bridgehead atoms. The molecule has 146 valence electrons. The normalized spacial score (nSPS) is 10.7. The number of aromatic nitrogens is 3. The predicted molar refractivity (Wildman–Crippen MR) is 112 cm³/mol. The molecular formula is C21H18ClN5O2. The van der Waals surface area contributed by atoms with Gasteiger partial charge in [-0.3, -0.25) is 9.78 Å². The van der Waals surface area contributed by atoms with Crippen molar-refractivity contribution >= 4 is 23.3 Å². The van der Waals surface area contributed by atoms with Crippen LogP contribution in [0.15, 0.2) is 65.6 Å². The Labute approximate surface area is 172 Å². The number of hydrogen-bond acceptors (Lipinski definition) is 5. The van der Waals surface area contributed by atoms with Crippen molar-refractivity contribution in [3.63, 3.8) is 0 Å². The van der Waals surface area contributed by atoms with Crippen molar-refractivity contribution < 1.29 is 9.32 Å². The number of nitrogens with zero attached hydrogens (tertiary/aromatic N) is 2. The second-order valence-electron chi connectivity index (χ2n) is 6.34. The lowest BCUT2D eigenvalue weighted by atomic mass is 10.0. The zero-order valence-electron chi connectivity index (χ0n) is 15.6. The number of carbonyl (C=O) groups is 1. The first-order valence-electron chi connectivity index (χ1n) is 8.95. The Kier molecular flexibility index (Phi) is 5.31. The smallest absolute Gasteiger partial charge is 0.267 e. The minimum absolute atomic E-state index is 0.217. The zero-order valence-corrected chi connectivity index (χ0v) is 16.3. The largest absolute Gasteiger partial charge is 0.370 e. The van der Waals surface area contributed by atoms with E-state index in [9.17, 15) is 4.79 Å². The summed E-state index contributed by atoms with van der Waals surface area (Å²) in [5.74, 6) is 0.916. The number of carbonyl (C=O) groups excluding carboxylic acids is 1. The molecule has 0 fully saturated rings. The number of anilines is 1. The molecule has 0 aliphatic rings. The lowest BCUT2D eigenvalue weighted by Crippen LogP contribution is -2.22. The number of pyridine rings is 1. The van der Waals surface area contributed by atoms with Crippen molar-refractivity contribution in [3.05, 3.63) is 77.3 Å². The van der Waals surface area contributed by atoms with E-state index in [0.29, 0.717) is 34.4 Å². The van der Waals surface area contributed by atoms with Gasteiger partial charge in [-0.05, 0) is 41.5 Å². The average Bonchev–Trinajstić information content (AvgIpc) is 3.39. The molecule has 0 saturated heterocycles. The maximum atomic E-state index is 12.5. The van der Waals surface area contributed by atoms with Crippen LogP contribution in [0.1, 0.15) is 16.1 Å². The van der Waals surface area contributed by atoms with Crippen LogP contribution >= 0.6 is 11.6 Å². The van der Waals surface area contributed by atoms with Crippen molar-refractivity contribution in [1.29, 1.82) is 0 Å². The van der Waals surface area contributed by atoms with Gasteiger partial charge in [0.05, 0.1) is 5.56 Å². The minimum Gasteiger partial charge on any atom is -0.370 e. The van der Waals surface area contributed by atoms with Gasteiger partial charge in [-0.15, -0.1) is 0 Å². The van der Waals surface area contributed by atoms with E-state index >= 15 is 0 Å². The van der Waals surface area contributed by atoms with Crippen LogP contribution in [0, 0.1) is 0 Å². The van der Waals surface area contributed by atoms with Gasteiger partial charge in [0.15, 0.2) is 11.6 Å². The van der Waals surface area contributed by atoms with Gasteiger partial charge in [0.2, 0.25) is 0 Å². The fourth-order valence-electron chi connectivity index (χ4n) is 3.00. The molecule has 7 nitrogen and oxygen atoms in total. The van der Waals surface area contributed by atoms with Crippen LogP contribution in [0.25, 0.3) is 22.5 Å². The number of H-pyrrole nitrogens is 1. The first-order chi connectivity index (χ1) is 14.2. The fraction of sp³-hybridized carbons (Fsp3) is 0.0952. The molecule has 0 atom stereocenters. The van der Waals surface area contributed by atoms with Crippen LogP contribution in [0.3, 0.4) is 0 Å². The van der Waals surface area contributed by atoms with Crippen LogP contribution in [0.2, 0.25) is 5.02 Å². The van der Waals surface area contributed by atoms with E-state index in [2.05, 4.69) is 25.8 Å². The standard InChI is InChI=1S/C21H18ClN5O2/c1-23-20-18(14-3-2-4-16(22)9-14)19(29-27-20)15-10-17(25-12-15)21(28)26-11-13-5-7-24-8-6-13/h2-10,12,25H,11H2,1H3,(H,23,27)(H,26,28). The van der Waals surface area contributed by atoms with Crippen molar-refractivity contribution in [2.45, 2.75) is 6.54 Å². The van der Waals surface area contributed by atoms with Gasteiger partial charge in [0.25, 0.3) is 5.91 Å². The molecule has 1 aromatic carbocycles. The van der Waals surface area contributed by atoms with Gasteiger partial charge in [-0.2, -0.15) is 0 Å². The molecule has 8 heteroatoms. The fourth-order valence-corrected chi connectivity index (χ4v) is 3.19. The van der Waals surface area contributed by atoms with Crippen LogP contribution in [0.4, 0.5) is 5.82 Å². The molecule has 0 aliphatic heterocycles. The summed E-state index contributed by atoms with van der Waals surface area (Å²) in [5.41, 5.74) is 3.74. The summed E-state index contributed by atoms with van der Waals surface area (Å²) in [4.78, 5) is 19.5. The van der Waals surface area contributed by atoms with Crippen molar-refractivity contribution in [2.75, 3.05) is 12.4 Å². The van der Waals surface area contributed by atoms with Gasteiger partial charge >= 0.3 is 0 Å². The molecule has 3 heterocycles. The molecule has 3 aromatic heterocycles. The molecule has 0 aliphatic carbocycles. The molecule has 0 unspecified atom stereocenters. The van der Waals surface area contributed by atoms with Crippen LogP contribution in [0.5, 0.6) is 0 Å². The number of hydrogen-bond donors (Lipinski definition) is 3. The summed E-state index contributed by atoms with van der Waals surface area (Å²) in [6, 6.07) is 12.9. The van der Waals surface area contributed by atoms with Gasteiger partial charge < -0.3 is 20.1 Å². The van der Waals surface area contributed by atoms with E-state index in [1.807, 2.05) is 30.3 Å². The van der Waals surface area contributed by atoms with E-state index in [1.165, 1.54) is 0 Å². The van der Waals surface area contributed by atoms with Crippen LogP contribution < -0.4 is 10.6 Å². The van der Waals surface area contributed by atoms with Gasteiger partial charge in [-0.1, -0.05) is 28.9 Å². The Morgan fingerprint density at radius 3 is 2.76 bits per heavy atom. The summed E-state index contributed by atoms with van der Waals surface area (Å²) in [6.45, 7) is 0.412. The lowest BCUT2D eigenvalue weighted by Gasteiger charge is -2.04.